The number of thiophene rings is 1. The predicted octanol–water partition coefficient (Wildman–Crippen LogP) is 2.99. The van der Waals surface area contributed by atoms with Gasteiger partial charge in [0.1, 0.15) is 10.4 Å². The molecular weight excluding hydrogens is 511 g/mol. The smallest absolute Gasteiger partial charge is 0.390 e. The van der Waals surface area contributed by atoms with E-state index in [1.807, 2.05) is 0 Å². The van der Waals surface area contributed by atoms with E-state index in [1.165, 1.54) is 18.7 Å². The summed E-state index contributed by atoms with van der Waals surface area (Å²) in [7, 11) is 0. The van der Waals surface area contributed by atoms with Crippen molar-refractivity contribution in [1.82, 2.24) is 14.0 Å². The normalized spacial score (nSPS) is 16.8. The zero-order chi connectivity index (χ0) is 27.1. The number of aryl methyl sites for hydroxylation is 2. The van der Waals surface area contributed by atoms with Crippen molar-refractivity contribution in [3.8, 4) is 0 Å². The maximum atomic E-state index is 13.6. The van der Waals surface area contributed by atoms with Gasteiger partial charge in [0.15, 0.2) is 0 Å². The molecule has 200 valence electrons. The number of carbonyl (C=O) groups is 1. The SMILES string of the molecule is Cc1c(C(=O)N2CCC(O)CC2)sc2c1c(=O)n(CC(C)(O)c1ccccc1)c(=O)n2CCC(F)(F)F. The lowest BCUT2D eigenvalue weighted by atomic mass is 9.96. The first-order valence-corrected chi connectivity index (χ1v) is 12.7. The zero-order valence-electron chi connectivity index (χ0n) is 20.4. The van der Waals surface area contributed by atoms with Crippen LogP contribution in [0.15, 0.2) is 39.9 Å². The number of likely N-dealkylation sites (tertiary alicyclic amines) is 1. The number of nitrogens with zero attached hydrogens (tertiary/aromatic N) is 3. The van der Waals surface area contributed by atoms with E-state index in [9.17, 15) is 37.8 Å². The molecule has 1 atom stereocenters. The van der Waals surface area contributed by atoms with E-state index in [-0.39, 0.29) is 20.7 Å². The van der Waals surface area contributed by atoms with Crippen LogP contribution >= 0.6 is 11.3 Å². The first-order valence-electron chi connectivity index (χ1n) is 11.9. The van der Waals surface area contributed by atoms with Crippen molar-refractivity contribution in [3.05, 3.63) is 67.2 Å². The summed E-state index contributed by atoms with van der Waals surface area (Å²) in [5, 5.41) is 20.8. The first kappa shape index (κ1) is 27.1. The number of aromatic nitrogens is 2. The molecular formula is C25H28F3N3O5S. The molecule has 1 amide bonds. The molecule has 0 bridgehead atoms. The number of hydrogen-bond acceptors (Lipinski definition) is 6. The van der Waals surface area contributed by atoms with E-state index >= 15 is 0 Å². The number of aliphatic hydroxyl groups is 2. The van der Waals surface area contributed by atoms with Crippen LogP contribution in [-0.4, -0.2) is 55.5 Å². The first-order chi connectivity index (χ1) is 17.3. The molecule has 0 aliphatic carbocycles. The third-order valence-electron chi connectivity index (χ3n) is 6.72. The minimum Gasteiger partial charge on any atom is -0.393 e. The fourth-order valence-corrected chi connectivity index (χ4v) is 5.87. The quantitative estimate of drug-likeness (QED) is 0.501. The summed E-state index contributed by atoms with van der Waals surface area (Å²) < 4.78 is 41.0. The molecule has 3 aromatic rings. The maximum Gasteiger partial charge on any atom is 0.390 e. The van der Waals surface area contributed by atoms with Crippen molar-refractivity contribution in [2.24, 2.45) is 0 Å². The number of fused-ring (bicyclic) bond motifs is 1. The van der Waals surface area contributed by atoms with Gasteiger partial charge in [0, 0.05) is 19.6 Å². The Morgan fingerprint density at radius 3 is 2.32 bits per heavy atom. The van der Waals surface area contributed by atoms with Crippen molar-refractivity contribution in [1.29, 1.82) is 0 Å². The van der Waals surface area contributed by atoms with E-state index in [0.29, 0.717) is 31.5 Å². The van der Waals surface area contributed by atoms with E-state index in [0.717, 1.165) is 20.5 Å². The Morgan fingerprint density at radius 1 is 1.11 bits per heavy atom. The van der Waals surface area contributed by atoms with Gasteiger partial charge in [0.2, 0.25) is 0 Å². The number of piperidine rings is 1. The topological polar surface area (TPSA) is 105 Å². The van der Waals surface area contributed by atoms with Crippen molar-refractivity contribution in [2.75, 3.05) is 13.1 Å². The van der Waals surface area contributed by atoms with Crippen LogP contribution in [0.3, 0.4) is 0 Å². The molecule has 1 fully saturated rings. The summed E-state index contributed by atoms with van der Waals surface area (Å²) in [5.74, 6) is -0.400. The molecule has 1 saturated heterocycles. The Morgan fingerprint density at radius 2 is 1.73 bits per heavy atom. The van der Waals surface area contributed by atoms with Crippen molar-refractivity contribution in [3.63, 3.8) is 0 Å². The number of halogens is 3. The highest BCUT2D eigenvalue weighted by Gasteiger charge is 2.32. The lowest BCUT2D eigenvalue weighted by Crippen LogP contribution is -2.45. The predicted molar refractivity (Wildman–Crippen MR) is 133 cm³/mol. The highest BCUT2D eigenvalue weighted by atomic mass is 32.1. The van der Waals surface area contributed by atoms with Gasteiger partial charge in [-0.25, -0.2) is 4.79 Å². The summed E-state index contributed by atoms with van der Waals surface area (Å²) >= 11 is 0.821. The van der Waals surface area contributed by atoms with Gasteiger partial charge < -0.3 is 15.1 Å². The van der Waals surface area contributed by atoms with Crippen LogP contribution in [-0.2, 0) is 18.7 Å². The van der Waals surface area contributed by atoms with Crippen molar-refractivity contribution < 1.29 is 28.2 Å². The van der Waals surface area contributed by atoms with E-state index in [1.54, 1.807) is 30.3 Å². The largest absolute Gasteiger partial charge is 0.393 e. The molecule has 0 spiro atoms. The number of alkyl halides is 3. The average Bonchev–Trinajstić information content (AvgIpc) is 3.18. The second-order valence-corrected chi connectivity index (χ2v) is 10.6. The van der Waals surface area contributed by atoms with Crippen molar-refractivity contribution >= 4 is 27.5 Å². The highest BCUT2D eigenvalue weighted by Crippen LogP contribution is 2.31. The van der Waals surface area contributed by atoms with Crippen molar-refractivity contribution in [2.45, 2.75) is 64.1 Å². The van der Waals surface area contributed by atoms with Crippen LogP contribution in [0.1, 0.15) is 47.0 Å². The lowest BCUT2D eigenvalue weighted by Gasteiger charge is -2.29. The lowest BCUT2D eigenvalue weighted by molar-refractivity contribution is -0.136. The van der Waals surface area contributed by atoms with Gasteiger partial charge in [0.05, 0.1) is 29.3 Å². The van der Waals surface area contributed by atoms with Gasteiger partial charge in [0.25, 0.3) is 11.5 Å². The number of aliphatic hydroxyl groups excluding tert-OH is 1. The highest BCUT2D eigenvalue weighted by molar-refractivity contribution is 7.20. The van der Waals surface area contributed by atoms with E-state index < -0.39 is 54.5 Å². The van der Waals surface area contributed by atoms with Gasteiger partial charge in [-0.1, -0.05) is 30.3 Å². The van der Waals surface area contributed by atoms with Crippen LogP contribution in [0.2, 0.25) is 0 Å². The Balaban J connectivity index is 1.86. The van der Waals surface area contributed by atoms with Crippen LogP contribution in [0.5, 0.6) is 0 Å². The Labute approximate surface area is 214 Å². The summed E-state index contributed by atoms with van der Waals surface area (Å²) in [6.07, 6.45) is -5.58. The summed E-state index contributed by atoms with van der Waals surface area (Å²) in [6.45, 7) is 2.33. The van der Waals surface area contributed by atoms with E-state index in [2.05, 4.69) is 0 Å². The summed E-state index contributed by atoms with van der Waals surface area (Å²) in [5.41, 5.74) is -2.74. The average molecular weight is 540 g/mol. The van der Waals surface area contributed by atoms with Crippen LogP contribution < -0.4 is 11.2 Å². The molecule has 0 saturated carbocycles. The van der Waals surface area contributed by atoms with Gasteiger partial charge in [-0.2, -0.15) is 13.2 Å². The molecule has 2 N–H and O–H groups in total. The molecule has 1 aliphatic heterocycles. The molecule has 1 aromatic carbocycles. The summed E-state index contributed by atoms with van der Waals surface area (Å²) in [6, 6.07) is 8.33. The molecule has 37 heavy (non-hydrogen) atoms. The maximum absolute atomic E-state index is 13.6. The monoisotopic (exact) mass is 539 g/mol. The second kappa shape index (κ2) is 10.1. The molecule has 2 aromatic heterocycles. The van der Waals surface area contributed by atoms with Crippen LogP contribution in [0.25, 0.3) is 10.2 Å². The van der Waals surface area contributed by atoms with Gasteiger partial charge in [-0.05, 0) is 37.8 Å². The Bertz CT molecular complexity index is 1420. The molecule has 0 radical (unpaired) electrons. The third-order valence-corrected chi connectivity index (χ3v) is 8.02. The van der Waals surface area contributed by atoms with Gasteiger partial charge in [-0.15, -0.1) is 11.3 Å². The fourth-order valence-electron chi connectivity index (χ4n) is 4.58. The Hall–Kier alpha value is -2.96. The zero-order valence-corrected chi connectivity index (χ0v) is 21.2. The molecule has 4 rings (SSSR count). The van der Waals surface area contributed by atoms with Crippen LogP contribution in [0.4, 0.5) is 13.2 Å². The molecule has 8 nitrogen and oxygen atoms in total. The van der Waals surface area contributed by atoms with Gasteiger partial charge in [-0.3, -0.25) is 18.7 Å². The number of rotatable bonds is 6. The fraction of sp³-hybridized carbons (Fsp3) is 0.480. The number of carbonyl (C=O) groups excluding carboxylic acids is 1. The molecule has 1 aliphatic rings. The minimum atomic E-state index is -4.55. The molecule has 12 heteroatoms. The third kappa shape index (κ3) is 5.51. The number of hydrogen-bond donors (Lipinski definition) is 2. The molecule has 1 unspecified atom stereocenters. The van der Waals surface area contributed by atoms with Gasteiger partial charge >= 0.3 is 11.9 Å². The standard InChI is InChI=1S/C25H28F3N3O5S/c1-15-18-20(33)31(14-24(2,36)16-6-4-3-5-7-16)23(35)30(13-10-25(26,27)28)22(18)37-19(15)21(34)29-11-8-17(32)9-12-29/h3-7,17,32,36H,8-14H2,1-2H3. The minimum absolute atomic E-state index is 0.00671. The summed E-state index contributed by atoms with van der Waals surface area (Å²) in [4.78, 5) is 41.9. The second-order valence-electron chi connectivity index (χ2n) is 9.59. The Kier molecular flexibility index (Phi) is 7.37. The number of amides is 1. The van der Waals surface area contributed by atoms with Crippen LogP contribution in [0, 0.1) is 6.92 Å². The van der Waals surface area contributed by atoms with E-state index in [4.69, 9.17) is 0 Å². The number of benzene rings is 1. The molecule has 3 heterocycles.